The van der Waals surface area contributed by atoms with Gasteiger partial charge in [0.1, 0.15) is 0 Å². The van der Waals surface area contributed by atoms with E-state index in [1.54, 1.807) is 12.3 Å². The Labute approximate surface area is 87.7 Å². The second kappa shape index (κ2) is 3.69. The number of benzene rings is 1. The minimum absolute atomic E-state index is 0.319. The number of rotatable bonds is 1. The fraction of sp³-hybridized carbons (Fsp3) is 0.167. The van der Waals surface area contributed by atoms with Crippen LogP contribution in [0.2, 0.25) is 0 Å². The topological polar surface area (TPSA) is 39.2 Å². The Balaban J connectivity index is 2.64. The highest BCUT2D eigenvalue weighted by molar-refractivity contribution is 5.95. The Morgan fingerprint density at radius 2 is 2.13 bits per heavy atom. The van der Waals surface area contributed by atoms with Gasteiger partial charge in [0, 0.05) is 11.6 Å². The highest BCUT2D eigenvalue weighted by Crippen LogP contribution is 2.17. The van der Waals surface area contributed by atoms with Crippen LogP contribution in [0.4, 0.5) is 0 Å². The third-order valence-corrected chi connectivity index (χ3v) is 2.38. The summed E-state index contributed by atoms with van der Waals surface area (Å²) < 4.78 is 4.67. The third-order valence-electron chi connectivity index (χ3n) is 2.38. The molecule has 1 heterocycles. The molecule has 0 saturated heterocycles. The number of methoxy groups -OCH3 is 1. The number of aryl methyl sites for hydroxylation is 1. The van der Waals surface area contributed by atoms with Gasteiger partial charge in [-0.2, -0.15) is 0 Å². The maximum atomic E-state index is 11.3. The predicted octanol–water partition coefficient (Wildman–Crippen LogP) is 2.33. The Bertz CT molecular complexity index is 520. The molecule has 0 saturated carbocycles. The molecule has 0 N–H and O–H groups in total. The number of carbonyl (C=O) groups excluding carboxylic acids is 1. The van der Waals surface area contributed by atoms with E-state index in [9.17, 15) is 4.79 Å². The molecule has 0 atom stereocenters. The first kappa shape index (κ1) is 9.65. The number of ether oxygens (including phenoxy) is 1. The van der Waals surface area contributed by atoms with Gasteiger partial charge in [-0.15, -0.1) is 0 Å². The van der Waals surface area contributed by atoms with Gasteiger partial charge in [-0.1, -0.05) is 0 Å². The van der Waals surface area contributed by atoms with Crippen LogP contribution < -0.4 is 0 Å². The van der Waals surface area contributed by atoms with Crippen molar-refractivity contribution in [1.29, 1.82) is 0 Å². The number of aromatic nitrogens is 1. The molecule has 3 nitrogen and oxygen atoms in total. The van der Waals surface area contributed by atoms with Crippen molar-refractivity contribution in [2.75, 3.05) is 7.11 Å². The predicted molar refractivity (Wildman–Crippen MR) is 57.8 cm³/mol. The largest absolute Gasteiger partial charge is 0.465 e. The van der Waals surface area contributed by atoms with E-state index in [1.165, 1.54) is 7.11 Å². The lowest BCUT2D eigenvalue weighted by Crippen LogP contribution is -2.00. The van der Waals surface area contributed by atoms with Crippen molar-refractivity contribution in [3.8, 4) is 0 Å². The Kier molecular flexibility index (Phi) is 2.37. The Morgan fingerprint density at radius 1 is 1.33 bits per heavy atom. The van der Waals surface area contributed by atoms with E-state index in [0.717, 1.165) is 16.5 Å². The van der Waals surface area contributed by atoms with Crippen molar-refractivity contribution in [3.63, 3.8) is 0 Å². The number of pyridine rings is 1. The first-order valence-electron chi connectivity index (χ1n) is 4.66. The number of fused-ring (bicyclic) bond motifs is 1. The van der Waals surface area contributed by atoms with E-state index < -0.39 is 0 Å². The van der Waals surface area contributed by atoms with Crippen LogP contribution in [0.3, 0.4) is 0 Å². The first-order chi connectivity index (χ1) is 7.22. The maximum Gasteiger partial charge on any atom is 0.337 e. The van der Waals surface area contributed by atoms with E-state index >= 15 is 0 Å². The van der Waals surface area contributed by atoms with Gasteiger partial charge in [-0.05, 0) is 36.8 Å². The zero-order chi connectivity index (χ0) is 10.8. The molecule has 0 bridgehead atoms. The lowest BCUT2D eigenvalue weighted by atomic mass is 10.1. The van der Waals surface area contributed by atoms with Crippen molar-refractivity contribution >= 4 is 16.9 Å². The van der Waals surface area contributed by atoms with E-state index in [2.05, 4.69) is 9.72 Å². The van der Waals surface area contributed by atoms with Crippen molar-refractivity contribution < 1.29 is 9.53 Å². The van der Waals surface area contributed by atoms with Gasteiger partial charge in [-0.25, -0.2) is 4.79 Å². The molecule has 0 unspecified atom stereocenters. The zero-order valence-electron chi connectivity index (χ0n) is 8.65. The Morgan fingerprint density at radius 3 is 2.87 bits per heavy atom. The van der Waals surface area contributed by atoms with Crippen molar-refractivity contribution in [2.24, 2.45) is 0 Å². The molecule has 76 valence electrons. The van der Waals surface area contributed by atoms with Gasteiger partial charge in [-0.3, -0.25) is 4.98 Å². The molecule has 0 aliphatic rings. The number of hydrogen-bond acceptors (Lipinski definition) is 3. The van der Waals surface area contributed by atoms with Crippen molar-refractivity contribution in [2.45, 2.75) is 6.92 Å². The van der Waals surface area contributed by atoms with Crippen LogP contribution in [0.15, 0.2) is 30.5 Å². The van der Waals surface area contributed by atoms with E-state index in [1.807, 2.05) is 25.1 Å². The summed E-state index contributed by atoms with van der Waals surface area (Å²) in [6.45, 7) is 1.99. The molecule has 1 aromatic heterocycles. The highest BCUT2D eigenvalue weighted by atomic mass is 16.5. The molecule has 2 rings (SSSR count). The molecule has 0 aliphatic heterocycles. The molecule has 0 aliphatic carbocycles. The minimum Gasteiger partial charge on any atom is -0.465 e. The van der Waals surface area contributed by atoms with Crippen molar-refractivity contribution in [3.05, 3.63) is 41.6 Å². The van der Waals surface area contributed by atoms with Crippen LogP contribution in [0.1, 0.15) is 15.9 Å². The number of nitrogens with zero attached hydrogens (tertiary/aromatic N) is 1. The summed E-state index contributed by atoms with van der Waals surface area (Å²) in [7, 11) is 1.38. The van der Waals surface area contributed by atoms with E-state index in [4.69, 9.17) is 0 Å². The second-order valence-electron chi connectivity index (χ2n) is 3.35. The van der Waals surface area contributed by atoms with Crippen LogP contribution in [0.5, 0.6) is 0 Å². The molecular weight excluding hydrogens is 190 g/mol. The summed E-state index contributed by atoms with van der Waals surface area (Å²) in [4.78, 5) is 15.5. The van der Waals surface area contributed by atoms with Crippen molar-refractivity contribution in [1.82, 2.24) is 4.98 Å². The highest BCUT2D eigenvalue weighted by Gasteiger charge is 2.06. The lowest BCUT2D eigenvalue weighted by Gasteiger charge is -2.03. The lowest BCUT2D eigenvalue weighted by molar-refractivity contribution is 0.0601. The first-order valence-corrected chi connectivity index (χ1v) is 4.66. The molecule has 0 spiro atoms. The van der Waals surface area contributed by atoms with E-state index in [0.29, 0.717) is 5.56 Å². The molecule has 1 aromatic carbocycles. The summed E-state index contributed by atoms with van der Waals surface area (Å²) in [5.41, 5.74) is 2.55. The fourth-order valence-electron chi connectivity index (χ4n) is 1.53. The normalized spacial score (nSPS) is 10.3. The summed E-state index contributed by atoms with van der Waals surface area (Å²) in [6.07, 6.45) is 1.76. The number of carbonyl (C=O) groups is 1. The monoisotopic (exact) mass is 201 g/mol. The molecule has 15 heavy (non-hydrogen) atoms. The number of esters is 1. The van der Waals surface area contributed by atoms with Crippen LogP contribution in [-0.4, -0.2) is 18.1 Å². The smallest absolute Gasteiger partial charge is 0.337 e. The van der Waals surface area contributed by atoms with Gasteiger partial charge >= 0.3 is 5.97 Å². The second-order valence-corrected chi connectivity index (χ2v) is 3.35. The summed E-state index contributed by atoms with van der Waals surface area (Å²) in [6, 6.07) is 7.28. The molecular formula is C12H11NO2. The van der Waals surface area contributed by atoms with Gasteiger partial charge in [0.05, 0.1) is 18.2 Å². The summed E-state index contributed by atoms with van der Waals surface area (Å²) in [5.74, 6) is -0.319. The molecule has 3 heteroatoms. The number of hydrogen-bond donors (Lipinski definition) is 0. The SMILES string of the molecule is COC(=O)c1ccc2nccc(C)c2c1. The minimum atomic E-state index is -0.319. The Hall–Kier alpha value is -1.90. The van der Waals surface area contributed by atoms with Gasteiger partial charge in [0.15, 0.2) is 0 Å². The average molecular weight is 201 g/mol. The van der Waals surface area contributed by atoms with Crippen LogP contribution in [0, 0.1) is 6.92 Å². The quantitative estimate of drug-likeness (QED) is 0.665. The van der Waals surface area contributed by atoms with Gasteiger partial charge in [0.2, 0.25) is 0 Å². The van der Waals surface area contributed by atoms with Crippen LogP contribution in [-0.2, 0) is 4.74 Å². The fourth-order valence-corrected chi connectivity index (χ4v) is 1.53. The average Bonchev–Trinajstić information content (AvgIpc) is 2.28. The van der Waals surface area contributed by atoms with Gasteiger partial charge in [0.25, 0.3) is 0 Å². The maximum absolute atomic E-state index is 11.3. The molecule has 0 fully saturated rings. The van der Waals surface area contributed by atoms with Gasteiger partial charge < -0.3 is 4.74 Å². The zero-order valence-corrected chi connectivity index (χ0v) is 8.65. The molecule has 0 radical (unpaired) electrons. The van der Waals surface area contributed by atoms with Crippen LogP contribution >= 0.6 is 0 Å². The summed E-state index contributed by atoms with van der Waals surface area (Å²) in [5, 5.41) is 0.986. The standard InChI is InChI=1S/C12H11NO2/c1-8-5-6-13-11-4-3-9(7-10(8)11)12(14)15-2/h3-7H,1-2H3. The summed E-state index contributed by atoms with van der Waals surface area (Å²) >= 11 is 0. The van der Waals surface area contributed by atoms with E-state index in [-0.39, 0.29) is 5.97 Å². The molecule has 2 aromatic rings. The molecule has 0 amide bonds. The third kappa shape index (κ3) is 1.68. The van der Waals surface area contributed by atoms with Crippen LogP contribution in [0.25, 0.3) is 10.9 Å².